The fraction of sp³-hybridized carbons (Fsp3) is 0.667. The predicted octanol–water partition coefficient (Wildman–Crippen LogP) is 1.97. The van der Waals surface area contributed by atoms with Gasteiger partial charge in [-0.25, -0.2) is 9.97 Å². The van der Waals surface area contributed by atoms with Crippen LogP contribution in [0.1, 0.15) is 18.4 Å². The minimum atomic E-state index is 0.334. The van der Waals surface area contributed by atoms with Gasteiger partial charge in [0.1, 0.15) is 5.82 Å². The number of hydrogen-bond acceptors (Lipinski definition) is 4. The molecule has 94 valence electrons. The van der Waals surface area contributed by atoms with Crippen LogP contribution in [0.2, 0.25) is 5.28 Å². The van der Waals surface area contributed by atoms with Crippen LogP contribution < -0.4 is 4.90 Å². The topological polar surface area (TPSA) is 32.3 Å². The van der Waals surface area contributed by atoms with Gasteiger partial charge in [-0.1, -0.05) is 0 Å². The van der Waals surface area contributed by atoms with Crippen LogP contribution >= 0.6 is 11.6 Å². The van der Waals surface area contributed by atoms with E-state index in [2.05, 4.69) is 33.9 Å². The van der Waals surface area contributed by atoms with Gasteiger partial charge in [-0.15, -0.1) is 0 Å². The smallest absolute Gasteiger partial charge is 0.224 e. The summed E-state index contributed by atoms with van der Waals surface area (Å²) >= 11 is 5.86. The van der Waals surface area contributed by atoms with E-state index in [1.165, 1.54) is 12.8 Å². The van der Waals surface area contributed by atoms with Crippen molar-refractivity contribution in [2.75, 3.05) is 32.1 Å². The number of anilines is 1. The summed E-state index contributed by atoms with van der Waals surface area (Å²) in [7, 11) is 4.29. The van der Waals surface area contributed by atoms with E-state index in [0.29, 0.717) is 11.3 Å². The number of aromatic nitrogens is 2. The number of hydrogen-bond donors (Lipinski definition) is 0. The van der Waals surface area contributed by atoms with Crippen LogP contribution in [-0.2, 0) is 0 Å². The molecule has 0 saturated carbocycles. The van der Waals surface area contributed by atoms with Crippen molar-refractivity contribution in [3.63, 3.8) is 0 Å². The Hall–Kier alpha value is -0.870. The summed E-state index contributed by atoms with van der Waals surface area (Å²) in [5, 5.41) is 0.334. The zero-order chi connectivity index (χ0) is 12.4. The van der Waals surface area contributed by atoms with Gasteiger partial charge in [0.2, 0.25) is 5.28 Å². The molecule has 1 fully saturated rings. The molecule has 0 amide bonds. The zero-order valence-electron chi connectivity index (χ0n) is 10.6. The van der Waals surface area contributed by atoms with Gasteiger partial charge in [0.15, 0.2) is 0 Å². The first-order valence-corrected chi connectivity index (χ1v) is 6.36. The summed E-state index contributed by atoms with van der Waals surface area (Å²) in [6, 6.07) is 0.684. The highest BCUT2D eigenvalue weighted by Crippen LogP contribution is 2.23. The lowest BCUT2D eigenvalue weighted by atomic mass is 10.0. The maximum atomic E-state index is 5.86. The molecule has 1 aromatic rings. The zero-order valence-corrected chi connectivity index (χ0v) is 11.4. The molecule has 1 aliphatic rings. The van der Waals surface area contributed by atoms with Crippen LogP contribution in [0.25, 0.3) is 0 Å². The molecule has 0 N–H and O–H groups in total. The van der Waals surface area contributed by atoms with E-state index in [0.717, 1.165) is 24.5 Å². The molecule has 5 heteroatoms. The fourth-order valence-electron chi connectivity index (χ4n) is 2.33. The van der Waals surface area contributed by atoms with E-state index in [1.54, 1.807) is 6.20 Å². The largest absolute Gasteiger partial charge is 0.356 e. The number of nitrogens with zero attached hydrogens (tertiary/aromatic N) is 4. The summed E-state index contributed by atoms with van der Waals surface area (Å²) in [4.78, 5) is 12.9. The van der Waals surface area contributed by atoms with E-state index in [9.17, 15) is 0 Å². The van der Waals surface area contributed by atoms with E-state index >= 15 is 0 Å². The van der Waals surface area contributed by atoms with Crippen molar-refractivity contribution in [3.05, 3.63) is 17.0 Å². The lowest BCUT2D eigenvalue weighted by Crippen LogP contribution is -2.42. The second-order valence-electron chi connectivity index (χ2n) is 4.83. The third kappa shape index (κ3) is 2.87. The SMILES string of the molecule is Cc1cnc(Cl)nc1N1CCC(N(C)C)CC1. The number of halogens is 1. The molecular formula is C12H19ClN4. The van der Waals surface area contributed by atoms with Gasteiger partial charge in [-0.3, -0.25) is 0 Å². The summed E-state index contributed by atoms with van der Waals surface area (Å²) in [6.07, 6.45) is 4.14. The van der Waals surface area contributed by atoms with Gasteiger partial charge in [0, 0.05) is 30.9 Å². The van der Waals surface area contributed by atoms with Crippen molar-refractivity contribution in [2.45, 2.75) is 25.8 Å². The lowest BCUT2D eigenvalue weighted by molar-refractivity contribution is 0.249. The maximum Gasteiger partial charge on any atom is 0.224 e. The Morgan fingerprint density at radius 2 is 2.00 bits per heavy atom. The van der Waals surface area contributed by atoms with Gasteiger partial charge >= 0.3 is 0 Å². The van der Waals surface area contributed by atoms with E-state index in [-0.39, 0.29) is 0 Å². The first kappa shape index (κ1) is 12.6. The molecule has 1 aromatic heterocycles. The summed E-state index contributed by atoms with van der Waals surface area (Å²) in [6.45, 7) is 4.11. The van der Waals surface area contributed by atoms with Crippen molar-refractivity contribution in [1.82, 2.24) is 14.9 Å². The van der Waals surface area contributed by atoms with Crippen molar-refractivity contribution in [3.8, 4) is 0 Å². The Morgan fingerprint density at radius 1 is 1.35 bits per heavy atom. The molecule has 0 radical (unpaired) electrons. The average Bonchev–Trinajstić information content (AvgIpc) is 2.32. The van der Waals surface area contributed by atoms with Crippen LogP contribution in [0.15, 0.2) is 6.20 Å². The molecule has 2 heterocycles. The van der Waals surface area contributed by atoms with Gasteiger partial charge in [-0.05, 0) is 45.5 Å². The lowest BCUT2D eigenvalue weighted by Gasteiger charge is -2.36. The predicted molar refractivity (Wildman–Crippen MR) is 70.7 cm³/mol. The minimum Gasteiger partial charge on any atom is -0.356 e. The van der Waals surface area contributed by atoms with E-state index in [1.807, 2.05) is 6.92 Å². The van der Waals surface area contributed by atoms with Crippen LogP contribution in [-0.4, -0.2) is 48.1 Å². The van der Waals surface area contributed by atoms with Crippen LogP contribution in [0.5, 0.6) is 0 Å². The normalized spacial score (nSPS) is 17.8. The Kier molecular flexibility index (Phi) is 3.84. The standard InChI is InChI=1S/C12H19ClN4/c1-9-8-14-12(13)15-11(9)17-6-4-10(5-7-17)16(2)3/h8,10H,4-7H2,1-3H3. The number of rotatable bonds is 2. The Labute approximate surface area is 108 Å². The second-order valence-corrected chi connectivity index (χ2v) is 5.17. The van der Waals surface area contributed by atoms with Crippen molar-refractivity contribution in [1.29, 1.82) is 0 Å². The maximum absolute atomic E-state index is 5.86. The van der Waals surface area contributed by atoms with E-state index < -0.39 is 0 Å². The monoisotopic (exact) mass is 254 g/mol. The Morgan fingerprint density at radius 3 is 2.59 bits per heavy atom. The quantitative estimate of drug-likeness (QED) is 0.756. The molecule has 0 aliphatic carbocycles. The van der Waals surface area contributed by atoms with Crippen molar-refractivity contribution < 1.29 is 0 Å². The summed E-state index contributed by atoms with van der Waals surface area (Å²) < 4.78 is 0. The van der Waals surface area contributed by atoms with Gasteiger partial charge in [0.05, 0.1) is 0 Å². The summed E-state index contributed by atoms with van der Waals surface area (Å²) in [5.41, 5.74) is 1.10. The molecule has 0 atom stereocenters. The number of piperidine rings is 1. The van der Waals surface area contributed by atoms with Gasteiger partial charge < -0.3 is 9.80 Å². The highest BCUT2D eigenvalue weighted by molar-refractivity contribution is 6.28. The Balaban J connectivity index is 2.07. The van der Waals surface area contributed by atoms with Gasteiger partial charge in [-0.2, -0.15) is 0 Å². The van der Waals surface area contributed by atoms with Crippen LogP contribution in [0, 0.1) is 6.92 Å². The minimum absolute atomic E-state index is 0.334. The molecule has 1 saturated heterocycles. The van der Waals surface area contributed by atoms with Crippen LogP contribution in [0.4, 0.5) is 5.82 Å². The number of aryl methyl sites for hydroxylation is 1. The molecule has 17 heavy (non-hydrogen) atoms. The van der Waals surface area contributed by atoms with Crippen LogP contribution in [0.3, 0.4) is 0 Å². The third-order valence-corrected chi connectivity index (χ3v) is 3.59. The molecule has 0 unspecified atom stereocenters. The van der Waals surface area contributed by atoms with Crippen molar-refractivity contribution in [2.24, 2.45) is 0 Å². The van der Waals surface area contributed by atoms with E-state index in [4.69, 9.17) is 11.6 Å². The average molecular weight is 255 g/mol. The van der Waals surface area contributed by atoms with Crippen molar-refractivity contribution >= 4 is 17.4 Å². The molecule has 2 rings (SSSR count). The molecular weight excluding hydrogens is 236 g/mol. The van der Waals surface area contributed by atoms with Gasteiger partial charge in [0.25, 0.3) is 0 Å². The molecule has 0 aromatic carbocycles. The summed E-state index contributed by atoms with van der Waals surface area (Å²) in [5.74, 6) is 0.988. The first-order chi connectivity index (χ1) is 8.08. The molecule has 1 aliphatic heterocycles. The Bertz CT molecular complexity index is 386. The first-order valence-electron chi connectivity index (χ1n) is 5.98. The highest BCUT2D eigenvalue weighted by Gasteiger charge is 2.22. The second kappa shape index (κ2) is 5.19. The fourth-order valence-corrected chi connectivity index (χ4v) is 2.46. The molecule has 0 spiro atoms. The molecule has 4 nitrogen and oxygen atoms in total. The third-order valence-electron chi connectivity index (χ3n) is 3.41. The molecule has 0 bridgehead atoms. The highest BCUT2D eigenvalue weighted by atomic mass is 35.5.